The number of pyridine rings is 1. The van der Waals surface area contributed by atoms with Crippen LogP contribution in [0.5, 0.6) is 0 Å². The van der Waals surface area contributed by atoms with Gasteiger partial charge in [-0.15, -0.1) is 0 Å². The minimum atomic E-state index is 0.547. The van der Waals surface area contributed by atoms with E-state index < -0.39 is 0 Å². The molecule has 0 aliphatic carbocycles. The van der Waals surface area contributed by atoms with Crippen molar-refractivity contribution < 1.29 is 0 Å². The topological polar surface area (TPSA) is 12.9 Å². The third-order valence-corrected chi connectivity index (χ3v) is 1.24. The van der Waals surface area contributed by atoms with E-state index in [0.717, 1.165) is 5.59 Å². The summed E-state index contributed by atoms with van der Waals surface area (Å²) in [5, 5.41) is 0.547. The Hall–Kier alpha value is -0.495. The maximum absolute atomic E-state index is 5.59. The van der Waals surface area contributed by atoms with Crippen LogP contribution in [0.3, 0.4) is 0 Å². The van der Waals surface area contributed by atoms with Crippen LogP contribution in [-0.4, -0.2) is 12.3 Å². The highest BCUT2D eigenvalue weighted by Gasteiger charge is 1.90. The van der Waals surface area contributed by atoms with E-state index in [-0.39, 0.29) is 0 Å². The zero-order valence-electron chi connectivity index (χ0n) is 5.13. The summed E-state index contributed by atoms with van der Waals surface area (Å²) in [6, 6.07) is 5.55. The Morgan fingerprint density at radius 2 is 2.33 bits per heavy atom. The Morgan fingerprint density at radius 3 is 2.78 bits per heavy atom. The highest BCUT2D eigenvalue weighted by atomic mass is 35.5. The van der Waals surface area contributed by atoms with Gasteiger partial charge in [0.1, 0.15) is 5.15 Å². The lowest BCUT2D eigenvalue weighted by Crippen LogP contribution is -2.13. The quantitative estimate of drug-likeness (QED) is 0.418. The SMILES string of the molecule is C[B]c1cccc(Cl)n1. The molecule has 0 bridgehead atoms. The van der Waals surface area contributed by atoms with Crippen LogP contribution in [0.2, 0.25) is 12.0 Å². The van der Waals surface area contributed by atoms with E-state index in [2.05, 4.69) is 4.98 Å². The summed E-state index contributed by atoms with van der Waals surface area (Å²) in [6.07, 6.45) is 0. The van der Waals surface area contributed by atoms with Gasteiger partial charge in [-0.05, 0) is 11.7 Å². The summed E-state index contributed by atoms with van der Waals surface area (Å²) < 4.78 is 0. The smallest absolute Gasteiger partial charge is 0.174 e. The van der Waals surface area contributed by atoms with Crippen molar-refractivity contribution in [3.8, 4) is 0 Å². The molecule has 1 radical (unpaired) electrons. The number of hydrogen-bond acceptors (Lipinski definition) is 1. The molecule has 0 spiro atoms. The summed E-state index contributed by atoms with van der Waals surface area (Å²) in [5.74, 6) is 0. The van der Waals surface area contributed by atoms with E-state index >= 15 is 0 Å². The van der Waals surface area contributed by atoms with Gasteiger partial charge in [0.15, 0.2) is 7.28 Å². The van der Waals surface area contributed by atoms with Gasteiger partial charge in [0.2, 0.25) is 0 Å². The highest BCUT2D eigenvalue weighted by Crippen LogP contribution is 1.97. The van der Waals surface area contributed by atoms with Crippen LogP contribution in [0.4, 0.5) is 0 Å². The molecule has 1 heterocycles. The van der Waals surface area contributed by atoms with Gasteiger partial charge < -0.3 is 0 Å². The molecule has 3 heteroatoms. The monoisotopic (exact) mass is 138 g/mol. The summed E-state index contributed by atoms with van der Waals surface area (Å²) in [4.78, 5) is 4.00. The predicted octanol–water partition coefficient (Wildman–Crippen LogP) is 1.11. The lowest BCUT2D eigenvalue weighted by Gasteiger charge is -1.92. The van der Waals surface area contributed by atoms with Crippen LogP contribution in [0.15, 0.2) is 18.2 Å². The molecule has 0 fully saturated rings. The van der Waals surface area contributed by atoms with Gasteiger partial charge in [0, 0.05) is 0 Å². The van der Waals surface area contributed by atoms with Gasteiger partial charge in [0.25, 0.3) is 0 Å². The first-order valence-corrected chi connectivity index (χ1v) is 3.12. The molecule has 0 saturated heterocycles. The predicted molar refractivity (Wildman–Crippen MR) is 40.5 cm³/mol. The second-order valence-electron chi connectivity index (χ2n) is 1.67. The standard InChI is InChI=1S/C6H6BClN/c1-7-5-3-2-4-6(8)9-5/h2-4H,1H3. The first kappa shape index (κ1) is 6.62. The van der Waals surface area contributed by atoms with Crippen molar-refractivity contribution in [2.45, 2.75) is 6.82 Å². The van der Waals surface area contributed by atoms with Crippen molar-refractivity contribution in [2.24, 2.45) is 0 Å². The van der Waals surface area contributed by atoms with E-state index in [1.807, 2.05) is 26.2 Å². The van der Waals surface area contributed by atoms with Crippen LogP contribution in [0.1, 0.15) is 0 Å². The Kier molecular flexibility index (Phi) is 2.12. The Labute approximate surface area is 60.3 Å². The molecule has 1 aromatic heterocycles. The molecule has 1 nitrogen and oxygen atoms in total. The van der Waals surface area contributed by atoms with Gasteiger partial charge in [-0.3, -0.25) is 4.98 Å². The van der Waals surface area contributed by atoms with Gasteiger partial charge in [-0.25, -0.2) is 0 Å². The van der Waals surface area contributed by atoms with Crippen molar-refractivity contribution in [2.75, 3.05) is 0 Å². The number of halogens is 1. The van der Waals surface area contributed by atoms with E-state index in [4.69, 9.17) is 11.6 Å². The first-order chi connectivity index (χ1) is 4.33. The van der Waals surface area contributed by atoms with Gasteiger partial charge in [-0.2, -0.15) is 0 Å². The molecule has 0 saturated carbocycles. The van der Waals surface area contributed by atoms with Crippen molar-refractivity contribution in [1.82, 2.24) is 4.98 Å². The minimum absolute atomic E-state index is 0.547. The van der Waals surface area contributed by atoms with Crippen molar-refractivity contribution in [3.05, 3.63) is 23.4 Å². The fraction of sp³-hybridized carbons (Fsp3) is 0.167. The van der Waals surface area contributed by atoms with Crippen LogP contribution < -0.4 is 5.59 Å². The van der Waals surface area contributed by atoms with Crippen molar-refractivity contribution >= 4 is 24.5 Å². The van der Waals surface area contributed by atoms with E-state index in [1.54, 1.807) is 6.07 Å². The Bertz CT molecular complexity index is 202. The molecule has 0 N–H and O–H groups in total. The van der Waals surface area contributed by atoms with Gasteiger partial charge in [0.05, 0.1) is 0 Å². The zero-order valence-corrected chi connectivity index (χ0v) is 5.89. The van der Waals surface area contributed by atoms with Crippen LogP contribution >= 0.6 is 11.6 Å². The molecule has 45 valence electrons. The number of rotatable bonds is 1. The zero-order chi connectivity index (χ0) is 6.69. The minimum Gasteiger partial charge on any atom is -0.252 e. The highest BCUT2D eigenvalue weighted by molar-refractivity contribution is 6.51. The van der Waals surface area contributed by atoms with E-state index in [9.17, 15) is 0 Å². The largest absolute Gasteiger partial charge is 0.252 e. The maximum Gasteiger partial charge on any atom is 0.174 e. The molecular weight excluding hydrogens is 132 g/mol. The number of aromatic nitrogens is 1. The molecule has 0 aliphatic heterocycles. The molecule has 0 atom stereocenters. The molecule has 0 unspecified atom stereocenters. The van der Waals surface area contributed by atoms with Crippen LogP contribution in [0, 0.1) is 0 Å². The lowest BCUT2D eigenvalue weighted by molar-refractivity contribution is 1.38. The molecule has 1 aromatic rings. The van der Waals surface area contributed by atoms with Crippen LogP contribution in [-0.2, 0) is 0 Å². The van der Waals surface area contributed by atoms with E-state index in [0.29, 0.717) is 5.15 Å². The molecule has 9 heavy (non-hydrogen) atoms. The Morgan fingerprint density at radius 1 is 1.56 bits per heavy atom. The lowest BCUT2D eigenvalue weighted by atomic mass is 9.78. The normalized spacial score (nSPS) is 9.11. The second-order valence-corrected chi connectivity index (χ2v) is 2.06. The fourth-order valence-electron chi connectivity index (χ4n) is 0.585. The Balaban J connectivity index is 2.94. The molecule has 1 rings (SSSR count). The van der Waals surface area contributed by atoms with E-state index in [1.165, 1.54) is 0 Å². The number of hydrogen-bond donors (Lipinski definition) is 0. The summed E-state index contributed by atoms with van der Waals surface area (Å²) >= 11 is 5.59. The summed E-state index contributed by atoms with van der Waals surface area (Å²) in [7, 11) is 1.91. The van der Waals surface area contributed by atoms with Gasteiger partial charge >= 0.3 is 0 Å². The second kappa shape index (κ2) is 2.88. The molecular formula is C6H6BClN. The third kappa shape index (κ3) is 1.72. The average Bonchev–Trinajstić information content (AvgIpc) is 1.88. The molecule has 0 aromatic carbocycles. The summed E-state index contributed by atoms with van der Waals surface area (Å²) in [6.45, 7) is 1.93. The summed E-state index contributed by atoms with van der Waals surface area (Å²) in [5.41, 5.74) is 0.919. The van der Waals surface area contributed by atoms with Crippen molar-refractivity contribution in [3.63, 3.8) is 0 Å². The molecule has 0 aliphatic rings. The molecule has 0 amide bonds. The van der Waals surface area contributed by atoms with Crippen molar-refractivity contribution in [1.29, 1.82) is 0 Å². The maximum atomic E-state index is 5.59. The first-order valence-electron chi connectivity index (χ1n) is 2.75. The average molecular weight is 138 g/mol. The van der Waals surface area contributed by atoms with Crippen LogP contribution in [0.25, 0.3) is 0 Å². The third-order valence-electron chi connectivity index (χ3n) is 1.03. The number of nitrogens with zero attached hydrogens (tertiary/aromatic N) is 1. The fourth-order valence-corrected chi connectivity index (χ4v) is 0.755. The van der Waals surface area contributed by atoms with Gasteiger partial charge in [-0.1, -0.05) is 30.6 Å².